The second kappa shape index (κ2) is 8.19. The number of halogens is 1. The number of aromatic nitrogens is 4. The molecule has 25 heavy (non-hydrogen) atoms. The van der Waals surface area contributed by atoms with Gasteiger partial charge < -0.3 is 5.32 Å². The van der Waals surface area contributed by atoms with E-state index in [1.54, 1.807) is 16.8 Å². The zero-order valence-electron chi connectivity index (χ0n) is 14.4. The lowest BCUT2D eigenvalue weighted by Gasteiger charge is -2.30. The fourth-order valence-corrected chi connectivity index (χ4v) is 4.07. The summed E-state index contributed by atoms with van der Waals surface area (Å²) >= 11 is 7.39. The Hall–Kier alpha value is -1.60. The maximum atomic E-state index is 12.6. The predicted octanol–water partition coefficient (Wildman–Crippen LogP) is 3.49. The van der Waals surface area contributed by atoms with Crippen LogP contribution in [0.25, 0.3) is 5.69 Å². The minimum absolute atomic E-state index is 0.0318. The molecule has 1 aromatic heterocycles. The number of hydrogen-bond acceptors (Lipinski definition) is 5. The number of carbonyl (C=O) groups excluding carboxylic acids is 1. The van der Waals surface area contributed by atoms with Crippen LogP contribution in [0.3, 0.4) is 0 Å². The normalized spacial score (nSPS) is 21.7. The van der Waals surface area contributed by atoms with Gasteiger partial charge >= 0.3 is 0 Å². The lowest BCUT2D eigenvalue weighted by atomic mass is 9.86. The van der Waals surface area contributed by atoms with Crippen molar-refractivity contribution < 1.29 is 4.79 Å². The Labute approximate surface area is 156 Å². The van der Waals surface area contributed by atoms with Gasteiger partial charge in [-0.1, -0.05) is 49.2 Å². The number of tetrazole rings is 1. The van der Waals surface area contributed by atoms with Gasteiger partial charge in [0.1, 0.15) is 0 Å². The van der Waals surface area contributed by atoms with Gasteiger partial charge in [0, 0.05) is 11.1 Å². The van der Waals surface area contributed by atoms with Crippen molar-refractivity contribution in [1.29, 1.82) is 0 Å². The van der Waals surface area contributed by atoms with Gasteiger partial charge in [-0.25, -0.2) is 0 Å². The molecule has 0 spiro atoms. The first kappa shape index (κ1) is 18.2. The van der Waals surface area contributed by atoms with E-state index in [-0.39, 0.29) is 17.2 Å². The van der Waals surface area contributed by atoms with Gasteiger partial charge in [0.2, 0.25) is 11.1 Å². The Morgan fingerprint density at radius 1 is 1.40 bits per heavy atom. The maximum Gasteiger partial charge on any atom is 0.233 e. The van der Waals surface area contributed by atoms with Crippen molar-refractivity contribution in [3.8, 4) is 5.69 Å². The largest absolute Gasteiger partial charge is 0.352 e. The standard InChI is InChI=1S/C17H22ClN5OS/c1-11-6-3-4-9-15(11)19-16(24)12(2)25-17-20-21-22-23(17)14-8-5-7-13(18)10-14/h5,7-8,10-12,15H,3-4,6,9H2,1-2H3,(H,19,24)/t11-,12-,15+/m1/s1. The van der Waals surface area contributed by atoms with Crippen molar-refractivity contribution in [1.82, 2.24) is 25.5 Å². The van der Waals surface area contributed by atoms with Crippen LogP contribution < -0.4 is 5.32 Å². The summed E-state index contributed by atoms with van der Waals surface area (Å²) in [6.07, 6.45) is 4.68. The molecule has 1 amide bonds. The first-order valence-corrected chi connectivity index (χ1v) is 9.81. The van der Waals surface area contributed by atoms with Gasteiger partial charge in [0.15, 0.2) is 0 Å². The van der Waals surface area contributed by atoms with Gasteiger partial charge in [0.25, 0.3) is 0 Å². The molecule has 0 unspecified atom stereocenters. The third kappa shape index (κ3) is 4.52. The Balaban J connectivity index is 1.66. The van der Waals surface area contributed by atoms with Crippen LogP contribution in [0.1, 0.15) is 39.5 Å². The predicted molar refractivity (Wildman–Crippen MR) is 99.0 cm³/mol. The van der Waals surface area contributed by atoms with Crippen LogP contribution in [0.4, 0.5) is 0 Å². The van der Waals surface area contributed by atoms with E-state index >= 15 is 0 Å². The molecule has 0 bridgehead atoms. The monoisotopic (exact) mass is 379 g/mol. The van der Waals surface area contributed by atoms with Gasteiger partial charge in [0.05, 0.1) is 10.9 Å². The molecule has 0 radical (unpaired) electrons. The highest BCUT2D eigenvalue weighted by molar-refractivity contribution is 8.00. The average molecular weight is 380 g/mol. The highest BCUT2D eigenvalue weighted by Crippen LogP contribution is 2.26. The minimum Gasteiger partial charge on any atom is -0.352 e. The molecular weight excluding hydrogens is 358 g/mol. The maximum absolute atomic E-state index is 12.6. The first-order chi connectivity index (χ1) is 12.0. The summed E-state index contributed by atoms with van der Waals surface area (Å²) in [6.45, 7) is 4.09. The first-order valence-electron chi connectivity index (χ1n) is 8.56. The van der Waals surface area contributed by atoms with Crippen LogP contribution in [0.5, 0.6) is 0 Å². The number of rotatable bonds is 5. The van der Waals surface area contributed by atoms with Crippen molar-refractivity contribution in [2.75, 3.05) is 0 Å². The Bertz CT molecular complexity index is 737. The Kier molecular flexibility index (Phi) is 5.96. The third-order valence-corrected chi connectivity index (χ3v) is 5.85. The summed E-state index contributed by atoms with van der Waals surface area (Å²) in [4.78, 5) is 12.6. The summed E-state index contributed by atoms with van der Waals surface area (Å²) in [5.41, 5.74) is 0.772. The number of benzene rings is 1. The summed E-state index contributed by atoms with van der Waals surface area (Å²) in [5.74, 6) is 0.566. The summed E-state index contributed by atoms with van der Waals surface area (Å²) in [7, 11) is 0. The van der Waals surface area contributed by atoms with Crippen LogP contribution in [0.15, 0.2) is 29.4 Å². The third-order valence-electron chi connectivity index (χ3n) is 4.58. The van der Waals surface area contributed by atoms with Crippen LogP contribution in [0, 0.1) is 5.92 Å². The van der Waals surface area contributed by atoms with Crippen LogP contribution >= 0.6 is 23.4 Å². The lowest BCUT2D eigenvalue weighted by molar-refractivity contribution is -0.121. The molecular formula is C17H22ClN5OS. The molecule has 0 saturated heterocycles. The van der Waals surface area contributed by atoms with E-state index in [9.17, 15) is 4.79 Å². The van der Waals surface area contributed by atoms with Crippen molar-refractivity contribution in [2.45, 2.75) is 56.0 Å². The minimum atomic E-state index is -0.280. The molecule has 1 fully saturated rings. The van der Waals surface area contributed by atoms with E-state index in [1.807, 2.05) is 19.1 Å². The number of hydrogen-bond donors (Lipinski definition) is 1. The summed E-state index contributed by atoms with van der Waals surface area (Å²) < 4.78 is 1.60. The number of amides is 1. The van der Waals surface area contributed by atoms with Gasteiger partial charge in [-0.05, 0) is 54.3 Å². The fraction of sp³-hybridized carbons (Fsp3) is 0.529. The summed E-state index contributed by atoms with van der Waals surface area (Å²) in [5, 5.41) is 15.9. The number of nitrogens with one attached hydrogen (secondary N) is 1. The molecule has 2 aromatic rings. The molecule has 1 aromatic carbocycles. The van der Waals surface area contributed by atoms with E-state index in [0.717, 1.165) is 12.1 Å². The number of nitrogens with zero attached hydrogens (tertiary/aromatic N) is 4. The van der Waals surface area contributed by atoms with E-state index in [1.165, 1.54) is 31.0 Å². The molecule has 6 nitrogen and oxygen atoms in total. The van der Waals surface area contributed by atoms with Crippen molar-refractivity contribution in [2.24, 2.45) is 5.92 Å². The zero-order valence-corrected chi connectivity index (χ0v) is 15.9. The van der Waals surface area contributed by atoms with Crippen molar-refractivity contribution in [3.05, 3.63) is 29.3 Å². The van der Waals surface area contributed by atoms with E-state index in [2.05, 4.69) is 27.8 Å². The van der Waals surface area contributed by atoms with Gasteiger partial charge in [-0.15, -0.1) is 5.10 Å². The fourth-order valence-electron chi connectivity index (χ4n) is 3.06. The lowest BCUT2D eigenvalue weighted by Crippen LogP contribution is -2.44. The highest BCUT2D eigenvalue weighted by atomic mass is 35.5. The Morgan fingerprint density at radius 2 is 2.20 bits per heavy atom. The molecule has 8 heteroatoms. The molecule has 0 aliphatic heterocycles. The molecule has 134 valence electrons. The molecule has 1 saturated carbocycles. The number of thioether (sulfide) groups is 1. The molecule has 3 atom stereocenters. The molecule has 3 rings (SSSR count). The van der Waals surface area contributed by atoms with E-state index in [4.69, 9.17) is 11.6 Å². The second-order valence-corrected chi connectivity index (χ2v) is 8.23. The van der Waals surface area contributed by atoms with E-state index < -0.39 is 0 Å². The van der Waals surface area contributed by atoms with Crippen LogP contribution in [-0.4, -0.2) is 37.4 Å². The molecule has 1 N–H and O–H groups in total. The van der Waals surface area contributed by atoms with E-state index in [0.29, 0.717) is 16.1 Å². The Morgan fingerprint density at radius 3 is 2.96 bits per heavy atom. The molecule has 1 heterocycles. The number of carbonyl (C=O) groups is 1. The quantitative estimate of drug-likeness (QED) is 0.805. The van der Waals surface area contributed by atoms with Crippen molar-refractivity contribution >= 4 is 29.3 Å². The second-order valence-electron chi connectivity index (χ2n) is 6.49. The smallest absolute Gasteiger partial charge is 0.233 e. The highest BCUT2D eigenvalue weighted by Gasteiger charge is 2.26. The molecule has 1 aliphatic rings. The van der Waals surface area contributed by atoms with Crippen LogP contribution in [0.2, 0.25) is 5.02 Å². The SMILES string of the molecule is C[C@@H]1CCCC[C@@H]1NC(=O)[C@@H](C)Sc1nnnn1-c1cccc(Cl)c1. The van der Waals surface area contributed by atoms with Crippen LogP contribution in [-0.2, 0) is 4.79 Å². The van der Waals surface area contributed by atoms with Crippen molar-refractivity contribution in [3.63, 3.8) is 0 Å². The molecule has 1 aliphatic carbocycles. The summed E-state index contributed by atoms with van der Waals surface area (Å²) in [6, 6.07) is 7.57. The van der Waals surface area contributed by atoms with Gasteiger partial charge in [-0.3, -0.25) is 4.79 Å². The zero-order chi connectivity index (χ0) is 17.8. The average Bonchev–Trinajstić information content (AvgIpc) is 3.05. The topological polar surface area (TPSA) is 72.7 Å². The van der Waals surface area contributed by atoms with Gasteiger partial charge in [-0.2, -0.15) is 4.68 Å².